The van der Waals surface area contributed by atoms with Crippen molar-refractivity contribution in [3.05, 3.63) is 29.8 Å². The number of halogens is 1. The Balaban J connectivity index is 2.57. The molecule has 1 aromatic heterocycles. The van der Waals surface area contributed by atoms with Gasteiger partial charge in [0, 0.05) is 10.1 Å². The van der Waals surface area contributed by atoms with E-state index in [2.05, 4.69) is 5.32 Å². The molecule has 1 aromatic carbocycles. The van der Waals surface area contributed by atoms with E-state index < -0.39 is 5.91 Å². The van der Waals surface area contributed by atoms with Gasteiger partial charge in [0.25, 0.3) is 5.91 Å². The molecule has 2 aromatic rings. The number of alkyl halides is 1. The average molecular weight is 269 g/mol. The van der Waals surface area contributed by atoms with Gasteiger partial charge in [-0.3, -0.25) is 9.59 Å². The van der Waals surface area contributed by atoms with Crippen LogP contribution in [0.4, 0.5) is 5.00 Å². The van der Waals surface area contributed by atoms with Gasteiger partial charge in [-0.2, -0.15) is 0 Å². The molecule has 2 amide bonds. The molecule has 0 aliphatic heterocycles. The first kappa shape index (κ1) is 11.9. The number of thiophene rings is 1. The first-order chi connectivity index (χ1) is 8.13. The normalized spacial score (nSPS) is 10.4. The number of rotatable bonds is 3. The van der Waals surface area contributed by atoms with Gasteiger partial charge in [-0.25, -0.2) is 0 Å². The number of anilines is 1. The van der Waals surface area contributed by atoms with E-state index in [0.717, 1.165) is 10.1 Å². The minimum absolute atomic E-state index is 0.160. The van der Waals surface area contributed by atoms with Crippen LogP contribution in [-0.4, -0.2) is 17.7 Å². The fraction of sp³-hybridized carbons (Fsp3) is 0.0909. The SMILES string of the molecule is NC(=O)c1c(NC(=O)CCl)sc2ccccc12. The topological polar surface area (TPSA) is 72.2 Å². The summed E-state index contributed by atoms with van der Waals surface area (Å²) in [4.78, 5) is 22.7. The number of primary amides is 1. The van der Waals surface area contributed by atoms with E-state index in [1.165, 1.54) is 11.3 Å². The number of carbonyl (C=O) groups is 2. The Labute approximate surface area is 106 Å². The van der Waals surface area contributed by atoms with Gasteiger partial charge >= 0.3 is 0 Å². The summed E-state index contributed by atoms with van der Waals surface area (Å²) < 4.78 is 0.895. The molecule has 0 saturated carbocycles. The van der Waals surface area contributed by atoms with Gasteiger partial charge in [-0.15, -0.1) is 22.9 Å². The van der Waals surface area contributed by atoms with Crippen molar-refractivity contribution in [2.24, 2.45) is 5.73 Å². The zero-order valence-electron chi connectivity index (χ0n) is 8.70. The quantitative estimate of drug-likeness (QED) is 0.838. The van der Waals surface area contributed by atoms with E-state index in [-0.39, 0.29) is 11.8 Å². The maximum atomic E-state index is 11.4. The van der Waals surface area contributed by atoms with Gasteiger partial charge in [0.15, 0.2) is 0 Å². The number of hydrogen-bond acceptors (Lipinski definition) is 3. The monoisotopic (exact) mass is 268 g/mol. The lowest BCUT2D eigenvalue weighted by Crippen LogP contribution is -2.17. The van der Waals surface area contributed by atoms with Crippen LogP contribution in [0.25, 0.3) is 10.1 Å². The number of nitrogens with two attached hydrogens (primary N) is 1. The summed E-state index contributed by atoms with van der Waals surface area (Å²) in [6, 6.07) is 7.33. The Morgan fingerprint density at radius 2 is 2.06 bits per heavy atom. The van der Waals surface area contributed by atoms with Gasteiger partial charge in [-0.1, -0.05) is 18.2 Å². The largest absolute Gasteiger partial charge is 0.365 e. The molecule has 0 atom stereocenters. The minimum Gasteiger partial charge on any atom is -0.365 e. The van der Waals surface area contributed by atoms with Crippen LogP contribution in [0.3, 0.4) is 0 Å². The second-order valence-corrected chi connectivity index (χ2v) is 4.67. The highest BCUT2D eigenvalue weighted by molar-refractivity contribution is 7.23. The van der Waals surface area contributed by atoms with Crippen molar-refractivity contribution in [2.75, 3.05) is 11.2 Å². The summed E-state index contributed by atoms with van der Waals surface area (Å²) in [6.07, 6.45) is 0. The molecule has 1 heterocycles. The molecule has 3 N–H and O–H groups in total. The van der Waals surface area contributed by atoms with Crippen LogP contribution in [0.1, 0.15) is 10.4 Å². The molecule has 0 bridgehead atoms. The Morgan fingerprint density at radius 3 is 2.71 bits per heavy atom. The molecule has 0 saturated heterocycles. The van der Waals surface area contributed by atoms with Crippen LogP contribution in [0.15, 0.2) is 24.3 Å². The molecule has 6 heteroatoms. The maximum Gasteiger partial charge on any atom is 0.252 e. The number of carbonyl (C=O) groups excluding carboxylic acids is 2. The Kier molecular flexibility index (Phi) is 3.31. The highest BCUT2D eigenvalue weighted by atomic mass is 35.5. The summed E-state index contributed by atoms with van der Waals surface area (Å²) in [5, 5.41) is 3.77. The third-order valence-corrected chi connectivity index (χ3v) is 3.55. The number of hydrogen-bond donors (Lipinski definition) is 2. The molecule has 0 unspecified atom stereocenters. The summed E-state index contributed by atoms with van der Waals surface area (Å²) in [5.74, 6) is -1.08. The van der Waals surface area contributed by atoms with Gasteiger partial charge < -0.3 is 11.1 Å². The van der Waals surface area contributed by atoms with Crippen molar-refractivity contribution in [3.8, 4) is 0 Å². The first-order valence-electron chi connectivity index (χ1n) is 4.80. The smallest absolute Gasteiger partial charge is 0.252 e. The summed E-state index contributed by atoms with van der Waals surface area (Å²) in [5.41, 5.74) is 5.66. The van der Waals surface area contributed by atoms with E-state index >= 15 is 0 Å². The van der Waals surface area contributed by atoms with Gasteiger partial charge in [0.2, 0.25) is 5.91 Å². The zero-order valence-corrected chi connectivity index (χ0v) is 10.3. The fourth-order valence-corrected chi connectivity index (χ4v) is 2.73. The lowest BCUT2D eigenvalue weighted by atomic mass is 10.1. The second kappa shape index (κ2) is 4.73. The van der Waals surface area contributed by atoms with E-state index in [9.17, 15) is 9.59 Å². The molecule has 0 aliphatic carbocycles. The summed E-state index contributed by atoms with van der Waals surface area (Å²) in [7, 11) is 0. The third kappa shape index (κ3) is 2.25. The molecular formula is C11H9ClN2O2S. The molecular weight excluding hydrogens is 260 g/mol. The number of fused-ring (bicyclic) bond motifs is 1. The molecule has 0 fully saturated rings. The van der Waals surface area contributed by atoms with Crippen molar-refractivity contribution in [1.29, 1.82) is 0 Å². The maximum absolute atomic E-state index is 11.4. The highest BCUT2D eigenvalue weighted by Gasteiger charge is 2.17. The molecule has 0 spiro atoms. The van der Waals surface area contributed by atoms with Crippen LogP contribution in [0.5, 0.6) is 0 Å². The molecule has 88 valence electrons. The standard InChI is InChI=1S/C11H9ClN2O2S/c12-5-8(15)14-11-9(10(13)16)6-3-1-2-4-7(6)17-11/h1-4H,5H2,(H2,13,16)(H,14,15). The third-order valence-electron chi connectivity index (χ3n) is 2.22. The molecule has 0 aliphatic rings. The van der Waals surface area contributed by atoms with Crippen molar-refractivity contribution in [3.63, 3.8) is 0 Å². The van der Waals surface area contributed by atoms with Crippen LogP contribution < -0.4 is 11.1 Å². The van der Waals surface area contributed by atoms with Crippen LogP contribution >= 0.6 is 22.9 Å². The van der Waals surface area contributed by atoms with Gasteiger partial charge in [-0.05, 0) is 6.07 Å². The lowest BCUT2D eigenvalue weighted by Gasteiger charge is -2.01. The molecule has 17 heavy (non-hydrogen) atoms. The van der Waals surface area contributed by atoms with Crippen LogP contribution in [-0.2, 0) is 4.79 Å². The van der Waals surface area contributed by atoms with Gasteiger partial charge in [0.1, 0.15) is 10.9 Å². The fourth-order valence-electron chi connectivity index (χ4n) is 1.54. The van der Waals surface area contributed by atoms with Crippen LogP contribution in [0.2, 0.25) is 0 Å². The highest BCUT2D eigenvalue weighted by Crippen LogP contribution is 2.35. The molecule has 4 nitrogen and oxygen atoms in total. The van der Waals surface area contributed by atoms with Gasteiger partial charge in [0.05, 0.1) is 5.56 Å². The Bertz CT molecular complexity index is 594. The van der Waals surface area contributed by atoms with E-state index in [4.69, 9.17) is 17.3 Å². The minimum atomic E-state index is -0.563. The van der Waals surface area contributed by atoms with Crippen molar-refractivity contribution >= 4 is 49.8 Å². The Hall–Kier alpha value is -1.59. The molecule has 0 radical (unpaired) electrons. The van der Waals surface area contributed by atoms with E-state index in [0.29, 0.717) is 10.6 Å². The van der Waals surface area contributed by atoms with Crippen molar-refractivity contribution in [1.82, 2.24) is 0 Å². The summed E-state index contributed by atoms with van der Waals surface area (Å²) >= 11 is 6.71. The number of amides is 2. The van der Waals surface area contributed by atoms with E-state index in [1.807, 2.05) is 18.2 Å². The predicted octanol–water partition coefficient (Wildman–Crippen LogP) is 2.18. The van der Waals surface area contributed by atoms with Crippen molar-refractivity contribution < 1.29 is 9.59 Å². The summed E-state index contributed by atoms with van der Waals surface area (Å²) in [6.45, 7) is 0. The second-order valence-electron chi connectivity index (χ2n) is 3.35. The molecule has 2 rings (SSSR count). The van der Waals surface area contributed by atoms with Crippen molar-refractivity contribution in [2.45, 2.75) is 0 Å². The predicted molar refractivity (Wildman–Crippen MR) is 69.7 cm³/mol. The average Bonchev–Trinajstić information content (AvgIpc) is 2.66. The van der Waals surface area contributed by atoms with E-state index in [1.54, 1.807) is 6.07 Å². The van der Waals surface area contributed by atoms with Crippen LogP contribution in [0, 0.1) is 0 Å². The first-order valence-corrected chi connectivity index (χ1v) is 6.15. The lowest BCUT2D eigenvalue weighted by molar-refractivity contribution is -0.113. The number of nitrogens with one attached hydrogen (secondary N) is 1. The Morgan fingerprint density at radius 1 is 1.35 bits per heavy atom. The zero-order chi connectivity index (χ0) is 12.4. The number of benzene rings is 1.